The van der Waals surface area contributed by atoms with Gasteiger partial charge in [0.2, 0.25) is 17.7 Å². The quantitative estimate of drug-likeness (QED) is 0.712. The van der Waals surface area contributed by atoms with Gasteiger partial charge in [-0.2, -0.15) is 0 Å². The third-order valence-electron chi connectivity index (χ3n) is 5.91. The molecule has 0 saturated carbocycles. The topological polar surface area (TPSA) is 60.9 Å². The highest BCUT2D eigenvalue weighted by molar-refractivity contribution is 5.90. The lowest BCUT2D eigenvalue weighted by molar-refractivity contribution is -0.142. The Bertz CT molecular complexity index is 547. The van der Waals surface area contributed by atoms with Crippen LogP contribution in [0.1, 0.15) is 66.7 Å². The largest absolute Gasteiger partial charge is 0.343 e. The molecule has 0 aromatic rings. The molecule has 0 aromatic heterocycles. The molecule has 2 aliphatic heterocycles. The lowest BCUT2D eigenvalue weighted by Gasteiger charge is -2.35. The minimum absolute atomic E-state index is 0.0298. The van der Waals surface area contributed by atoms with E-state index in [1.54, 1.807) is 0 Å². The van der Waals surface area contributed by atoms with Gasteiger partial charge in [0, 0.05) is 50.6 Å². The van der Waals surface area contributed by atoms with Gasteiger partial charge in [-0.3, -0.25) is 14.4 Å². The molecule has 0 spiro atoms. The average molecular weight is 380 g/mol. The number of amides is 3. The minimum Gasteiger partial charge on any atom is -0.343 e. The van der Waals surface area contributed by atoms with Crippen molar-refractivity contribution in [1.29, 1.82) is 0 Å². The smallest absolute Gasteiger partial charge is 0.227 e. The van der Waals surface area contributed by atoms with E-state index in [2.05, 4.69) is 6.92 Å². The minimum atomic E-state index is -0.242. The summed E-state index contributed by atoms with van der Waals surface area (Å²) in [6.45, 7) is 13.5. The van der Waals surface area contributed by atoms with Gasteiger partial charge in [-0.05, 0) is 47.0 Å². The van der Waals surface area contributed by atoms with E-state index in [-0.39, 0.29) is 35.1 Å². The van der Waals surface area contributed by atoms with Crippen molar-refractivity contribution in [2.24, 2.45) is 11.8 Å². The second-order valence-corrected chi connectivity index (χ2v) is 8.95. The number of piperidine rings is 1. The van der Waals surface area contributed by atoms with Gasteiger partial charge in [-0.15, -0.1) is 0 Å². The Kier molecular flexibility index (Phi) is 7.29. The monoisotopic (exact) mass is 379 g/mol. The van der Waals surface area contributed by atoms with Crippen molar-refractivity contribution in [3.63, 3.8) is 0 Å². The van der Waals surface area contributed by atoms with Crippen LogP contribution < -0.4 is 0 Å². The van der Waals surface area contributed by atoms with Gasteiger partial charge in [0.1, 0.15) is 0 Å². The number of nitrogens with zero attached hydrogens (tertiary/aromatic N) is 3. The number of hydrogen-bond acceptors (Lipinski definition) is 3. The Hall–Kier alpha value is -1.59. The van der Waals surface area contributed by atoms with E-state index in [1.807, 2.05) is 42.4 Å². The second-order valence-electron chi connectivity index (χ2n) is 8.95. The van der Waals surface area contributed by atoms with Crippen LogP contribution in [0.2, 0.25) is 0 Å². The van der Waals surface area contributed by atoms with Crippen LogP contribution in [0.4, 0.5) is 0 Å². The second kappa shape index (κ2) is 9.07. The molecule has 1 atom stereocenters. The van der Waals surface area contributed by atoms with Crippen molar-refractivity contribution >= 4 is 17.7 Å². The fourth-order valence-corrected chi connectivity index (χ4v) is 4.16. The summed E-state index contributed by atoms with van der Waals surface area (Å²) in [6, 6.07) is 0. The highest BCUT2D eigenvalue weighted by Gasteiger charge is 2.41. The molecule has 0 N–H and O–H groups in total. The van der Waals surface area contributed by atoms with Crippen LogP contribution >= 0.6 is 0 Å². The molecule has 0 aliphatic carbocycles. The van der Waals surface area contributed by atoms with Crippen LogP contribution in [-0.4, -0.2) is 70.7 Å². The molecule has 6 heteroatoms. The van der Waals surface area contributed by atoms with E-state index in [9.17, 15) is 14.4 Å². The number of rotatable bonds is 6. The number of hydrogen-bond donors (Lipinski definition) is 0. The molecule has 6 nitrogen and oxygen atoms in total. The maximum absolute atomic E-state index is 12.9. The standard InChI is InChI=1S/C21H37N3O3/c1-6-8-11-22(7-2)19(26)16-9-12-23(13-10-16)20(27)17-14-18(25)24(15-17)21(3,4)5/h16-17H,6-15H2,1-5H3. The van der Waals surface area contributed by atoms with Crippen molar-refractivity contribution in [3.05, 3.63) is 0 Å². The SMILES string of the molecule is CCCCN(CC)C(=O)C1CCN(C(=O)C2CC(=O)N(C(C)(C)C)C2)CC1. The summed E-state index contributed by atoms with van der Waals surface area (Å²) >= 11 is 0. The van der Waals surface area contributed by atoms with E-state index in [0.717, 1.165) is 38.8 Å². The summed E-state index contributed by atoms with van der Waals surface area (Å²) < 4.78 is 0. The first kappa shape index (κ1) is 21.7. The van der Waals surface area contributed by atoms with Crippen molar-refractivity contribution < 1.29 is 14.4 Å². The summed E-state index contributed by atoms with van der Waals surface area (Å²) in [5.74, 6) is 0.190. The van der Waals surface area contributed by atoms with Crippen LogP contribution in [0, 0.1) is 11.8 Å². The Morgan fingerprint density at radius 1 is 1.11 bits per heavy atom. The molecule has 154 valence electrons. The predicted octanol–water partition coefficient (Wildman–Crippen LogP) is 2.52. The maximum Gasteiger partial charge on any atom is 0.227 e. The molecule has 0 radical (unpaired) electrons. The first-order chi connectivity index (χ1) is 12.7. The van der Waals surface area contributed by atoms with Gasteiger partial charge in [0.25, 0.3) is 0 Å². The van der Waals surface area contributed by atoms with Gasteiger partial charge in [0.05, 0.1) is 5.92 Å². The first-order valence-electron chi connectivity index (χ1n) is 10.6. The third kappa shape index (κ3) is 5.23. The molecule has 27 heavy (non-hydrogen) atoms. The summed E-state index contributed by atoms with van der Waals surface area (Å²) in [5.41, 5.74) is -0.242. The van der Waals surface area contributed by atoms with Gasteiger partial charge >= 0.3 is 0 Å². The number of carbonyl (C=O) groups is 3. The van der Waals surface area contributed by atoms with Gasteiger partial charge < -0.3 is 14.7 Å². The van der Waals surface area contributed by atoms with E-state index in [4.69, 9.17) is 0 Å². The van der Waals surface area contributed by atoms with Crippen LogP contribution in [0.5, 0.6) is 0 Å². The zero-order valence-electron chi connectivity index (χ0n) is 17.8. The molecular weight excluding hydrogens is 342 g/mol. The van der Waals surface area contributed by atoms with Crippen molar-refractivity contribution in [2.75, 3.05) is 32.7 Å². The fourth-order valence-electron chi connectivity index (χ4n) is 4.16. The average Bonchev–Trinajstić information content (AvgIpc) is 3.04. The van der Waals surface area contributed by atoms with E-state index < -0.39 is 0 Å². The predicted molar refractivity (Wildman–Crippen MR) is 106 cm³/mol. The van der Waals surface area contributed by atoms with E-state index in [0.29, 0.717) is 26.1 Å². The number of carbonyl (C=O) groups excluding carboxylic acids is 3. The highest BCUT2D eigenvalue weighted by Crippen LogP contribution is 2.29. The Morgan fingerprint density at radius 3 is 2.22 bits per heavy atom. The van der Waals surface area contributed by atoms with Crippen LogP contribution in [0.25, 0.3) is 0 Å². The first-order valence-corrected chi connectivity index (χ1v) is 10.6. The number of likely N-dealkylation sites (tertiary alicyclic amines) is 2. The molecule has 2 aliphatic rings. The van der Waals surface area contributed by atoms with Crippen LogP contribution in [-0.2, 0) is 14.4 Å². The molecule has 2 rings (SSSR count). The lowest BCUT2D eigenvalue weighted by Crippen LogP contribution is -2.47. The van der Waals surface area contributed by atoms with E-state index >= 15 is 0 Å². The third-order valence-corrected chi connectivity index (χ3v) is 5.91. The molecule has 0 bridgehead atoms. The van der Waals surface area contributed by atoms with Gasteiger partial charge in [-0.25, -0.2) is 0 Å². The van der Waals surface area contributed by atoms with Gasteiger partial charge in [-0.1, -0.05) is 13.3 Å². The zero-order valence-corrected chi connectivity index (χ0v) is 17.8. The van der Waals surface area contributed by atoms with Crippen LogP contribution in [0.3, 0.4) is 0 Å². The Balaban J connectivity index is 1.87. The summed E-state index contributed by atoms with van der Waals surface area (Å²) in [5, 5.41) is 0. The normalized spacial score (nSPS) is 21.7. The zero-order chi connectivity index (χ0) is 20.2. The van der Waals surface area contributed by atoms with E-state index in [1.165, 1.54) is 0 Å². The Morgan fingerprint density at radius 2 is 1.74 bits per heavy atom. The molecule has 2 fully saturated rings. The van der Waals surface area contributed by atoms with Crippen molar-refractivity contribution in [2.45, 2.75) is 72.3 Å². The molecule has 1 unspecified atom stereocenters. The lowest BCUT2D eigenvalue weighted by atomic mass is 9.94. The summed E-state index contributed by atoms with van der Waals surface area (Å²) in [7, 11) is 0. The fraction of sp³-hybridized carbons (Fsp3) is 0.857. The number of unbranched alkanes of at least 4 members (excludes halogenated alkanes) is 1. The van der Waals surface area contributed by atoms with Crippen LogP contribution in [0.15, 0.2) is 0 Å². The highest BCUT2D eigenvalue weighted by atomic mass is 16.2. The molecule has 2 saturated heterocycles. The van der Waals surface area contributed by atoms with Crippen molar-refractivity contribution in [3.8, 4) is 0 Å². The Labute approximate surface area is 164 Å². The molecular formula is C21H37N3O3. The molecule has 0 aromatic carbocycles. The van der Waals surface area contributed by atoms with Gasteiger partial charge in [0.15, 0.2) is 0 Å². The van der Waals surface area contributed by atoms with Crippen molar-refractivity contribution in [1.82, 2.24) is 14.7 Å². The summed E-state index contributed by atoms with van der Waals surface area (Å²) in [6.07, 6.45) is 3.91. The maximum atomic E-state index is 12.9. The summed E-state index contributed by atoms with van der Waals surface area (Å²) in [4.78, 5) is 43.5. The molecule has 3 amide bonds. The molecule has 2 heterocycles.